The van der Waals surface area contributed by atoms with Crippen molar-refractivity contribution in [3.63, 3.8) is 0 Å². The van der Waals surface area contributed by atoms with Crippen molar-refractivity contribution in [1.29, 1.82) is 0 Å². The summed E-state index contributed by atoms with van der Waals surface area (Å²) in [5.74, 6) is 0. The van der Waals surface area contributed by atoms with Gasteiger partial charge in [0, 0.05) is 0 Å². The van der Waals surface area contributed by atoms with E-state index in [1.165, 1.54) is 51.4 Å². The maximum atomic E-state index is 2.84. The molecule has 2 heteroatoms. The van der Waals surface area contributed by atoms with Crippen LogP contribution in [0.25, 0.3) is 0 Å². The number of hydrogen-bond donors (Lipinski definition) is 0. The van der Waals surface area contributed by atoms with E-state index in [0.717, 1.165) is 1.44 Å². The second kappa shape index (κ2) is 10.7. The summed E-state index contributed by atoms with van der Waals surface area (Å²) in [7, 11) is 0. The zero-order valence-corrected chi connectivity index (χ0v) is 15.8. The Balaban J connectivity index is 3.89. The van der Waals surface area contributed by atoms with E-state index < -0.39 is 0 Å². The predicted octanol–water partition coefficient (Wildman–Crippen LogP) is 5.42. The molecule has 0 heterocycles. The summed E-state index contributed by atoms with van der Waals surface area (Å²) in [4.78, 5) is 0. The van der Waals surface area contributed by atoms with E-state index in [0.29, 0.717) is 0 Å². The van der Waals surface area contributed by atoms with Crippen LogP contribution in [-0.2, 0) is 0 Å². The Hall–Kier alpha value is 1.53. The summed E-state index contributed by atoms with van der Waals surface area (Å²) in [6, 6.07) is 0. The normalized spacial score (nSPS) is 11.5. The Bertz CT molecular complexity index is 128. The third kappa shape index (κ3) is 9.25. The average molecular weight is 429 g/mol. The first kappa shape index (κ1) is 16.5. The number of hydrogen-bond acceptors (Lipinski definition) is 0. The molecular weight excluding hydrogens is 402 g/mol. The molecule has 0 amide bonds. The van der Waals surface area contributed by atoms with Crippen molar-refractivity contribution in [2.45, 2.75) is 78.0 Å². The first-order chi connectivity index (χ1) is 7.18. The molecule has 0 N–H and O–H groups in total. The van der Waals surface area contributed by atoms with Crippen LogP contribution in [0.1, 0.15) is 72.1 Å². The molecule has 0 fully saturated rings. The van der Waals surface area contributed by atoms with Crippen LogP contribution in [0.2, 0.25) is 4.44 Å². The summed E-state index contributed by atoms with van der Waals surface area (Å²) in [5.41, 5.74) is 0. The predicted molar refractivity (Wildman–Crippen MR) is 81.3 cm³/mol. The van der Waals surface area contributed by atoms with Crippen LogP contribution >= 0.6 is 22.6 Å². The van der Waals surface area contributed by atoms with Crippen LogP contribution in [0.15, 0.2) is 0 Å². The monoisotopic (exact) mass is 430 g/mol. The fourth-order valence-corrected chi connectivity index (χ4v) is 9.09. The van der Waals surface area contributed by atoms with Crippen molar-refractivity contribution in [3.8, 4) is 0 Å². The van der Waals surface area contributed by atoms with E-state index in [4.69, 9.17) is 0 Å². The second-order valence-corrected chi connectivity index (χ2v) is 14.6. The Morgan fingerprint density at radius 1 is 0.867 bits per heavy atom. The first-order valence-electron chi connectivity index (χ1n) is 6.62. The average Bonchev–Trinajstić information content (AvgIpc) is 2.24. The van der Waals surface area contributed by atoms with E-state index in [-0.39, 0.29) is 21.1 Å². The number of alkyl halides is 1. The Kier molecular flexibility index (Phi) is 11.8. The first-order valence-corrected chi connectivity index (χ1v) is 11.1. The maximum absolute atomic E-state index is 2.84. The standard InChI is InChI=1S/C9H18I.C4H9.Sn/c1-3-5-7-9(10)8-6-4-2;1-3-4-2;/h3-8H2,1-2H3;1,3-4H2,2H3;/q;;+2. The van der Waals surface area contributed by atoms with Gasteiger partial charge >= 0.3 is 122 Å². The molecule has 88 valence electrons. The molecule has 0 bridgehead atoms. The third-order valence-corrected chi connectivity index (χ3v) is 11.4. The Morgan fingerprint density at radius 2 is 1.33 bits per heavy atom. The molecular formula is C13H27ISn+2. The summed E-state index contributed by atoms with van der Waals surface area (Å²) < 4.78 is 2.40. The molecule has 0 aromatic rings. The quantitative estimate of drug-likeness (QED) is 0.188. The molecule has 15 heavy (non-hydrogen) atoms. The van der Waals surface area contributed by atoms with Crippen LogP contribution in [-0.4, -0.2) is 22.6 Å². The van der Waals surface area contributed by atoms with Crippen molar-refractivity contribution in [1.82, 2.24) is 0 Å². The molecule has 0 atom stereocenters. The van der Waals surface area contributed by atoms with Gasteiger partial charge in [-0.2, -0.15) is 0 Å². The van der Waals surface area contributed by atoms with Gasteiger partial charge < -0.3 is 0 Å². The molecule has 0 saturated heterocycles. The zero-order valence-electron chi connectivity index (χ0n) is 10.7. The molecule has 0 saturated carbocycles. The fourth-order valence-electron chi connectivity index (χ4n) is 1.70. The van der Waals surface area contributed by atoms with Gasteiger partial charge in [0.15, 0.2) is 0 Å². The summed E-state index contributed by atoms with van der Waals surface area (Å²) >= 11 is 2.71. The van der Waals surface area contributed by atoms with Gasteiger partial charge in [0.2, 0.25) is 0 Å². The minimum absolute atomic E-state index is 0.123. The van der Waals surface area contributed by atoms with Crippen molar-refractivity contribution in [2.75, 3.05) is 0 Å². The summed E-state index contributed by atoms with van der Waals surface area (Å²) in [5, 5.41) is 0. The molecule has 0 aliphatic carbocycles. The minimum atomic E-state index is -0.123. The van der Waals surface area contributed by atoms with Crippen molar-refractivity contribution in [2.24, 2.45) is 0 Å². The zero-order chi connectivity index (χ0) is 11.6. The summed E-state index contributed by atoms with van der Waals surface area (Å²) in [6.45, 7) is 6.98. The topological polar surface area (TPSA) is 0 Å². The van der Waals surface area contributed by atoms with E-state index in [1.807, 2.05) is 0 Å². The van der Waals surface area contributed by atoms with E-state index in [2.05, 4.69) is 43.4 Å². The fraction of sp³-hybridized carbons (Fsp3) is 1.00. The van der Waals surface area contributed by atoms with Crippen molar-refractivity contribution in [3.05, 3.63) is 0 Å². The molecule has 0 rings (SSSR count). The van der Waals surface area contributed by atoms with Crippen LogP contribution in [0.4, 0.5) is 0 Å². The van der Waals surface area contributed by atoms with Crippen LogP contribution in [0.5, 0.6) is 0 Å². The van der Waals surface area contributed by atoms with Gasteiger partial charge in [-0.15, -0.1) is 0 Å². The van der Waals surface area contributed by atoms with Gasteiger partial charge in [-0.05, 0) is 0 Å². The van der Waals surface area contributed by atoms with Gasteiger partial charge in [0.25, 0.3) is 0 Å². The van der Waals surface area contributed by atoms with E-state index in [9.17, 15) is 0 Å². The van der Waals surface area contributed by atoms with Crippen molar-refractivity contribution < 1.29 is 0 Å². The molecule has 0 radical (unpaired) electrons. The number of rotatable bonds is 10. The van der Waals surface area contributed by atoms with Crippen molar-refractivity contribution >= 4 is 43.7 Å². The molecule has 0 spiro atoms. The Labute approximate surface area is 121 Å². The molecule has 0 unspecified atom stereocenters. The van der Waals surface area contributed by atoms with Crippen LogP contribution in [0, 0.1) is 0 Å². The van der Waals surface area contributed by atoms with Gasteiger partial charge in [0.1, 0.15) is 0 Å². The van der Waals surface area contributed by atoms with Crippen LogP contribution in [0.3, 0.4) is 0 Å². The number of halogens is 1. The third-order valence-electron chi connectivity index (χ3n) is 2.83. The van der Waals surface area contributed by atoms with E-state index in [1.54, 1.807) is 4.44 Å². The van der Waals surface area contributed by atoms with Gasteiger partial charge in [0.05, 0.1) is 0 Å². The van der Waals surface area contributed by atoms with Crippen LogP contribution < -0.4 is 0 Å². The molecule has 0 aliphatic heterocycles. The molecule has 0 aromatic heterocycles. The van der Waals surface area contributed by atoms with Gasteiger partial charge in [-0.3, -0.25) is 0 Å². The summed E-state index contributed by atoms with van der Waals surface area (Å²) in [6.07, 6.45) is 11.6. The second-order valence-electron chi connectivity index (χ2n) is 4.45. The molecule has 0 aliphatic rings. The molecule has 0 nitrogen and oxygen atoms in total. The van der Waals surface area contributed by atoms with E-state index >= 15 is 0 Å². The SMILES string of the molecule is CCC[CH2][Sn+2][C](I)(CCCC)CCCC. The number of unbranched alkanes of at least 4 members (excludes halogenated alkanes) is 3. The molecule has 0 aromatic carbocycles. The Morgan fingerprint density at radius 3 is 1.73 bits per heavy atom. The van der Waals surface area contributed by atoms with Gasteiger partial charge in [-0.25, -0.2) is 0 Å². The van der Waals surface area contributed by atoms with Gasteiger partial charge in [-0.1, -0.05) is 0 Å².